The summed E-state index contributed by atoms with van der Waals surface area (Å²) in [7, 11) is 0. The molecule has 0 spiro atoms. The molecular weight excluding hydrogens is 473 g/mol. The predicted molar refractivity (Wildman–Crippen MR) is 125 cm³/mol. The maximum absolute atomic E-state index is 5.39. The van der Waals surface area contributed by atoms with Crippen LogP contribution in [-0.2, 0) is 17.7 Å². The van der Waals surface area contributed by atoms with E-state index >= 15 is 0 Å². The molecule has 2 aliphatic rings. The lowest BCUT2D eigenvalue weighted by Gasteiger charge is -2.27. The van der Waals surface area contributed by atoms with Gasteiger partial charge >= 0.3 is 0 Å². The van der Waals surface area contributed by atoms with Crippen LogP contribution in [0.1, 0.15) is 23.8 Å². The smallest absolute Gasteiger partial charge is 0.191 e. The van der Waals surface area contributed by atoms with Crippen molar-refractivity contribution in [1.82, 2.24) is 20.4 Å². The van der Waals surface area contributed by atoms with Crippen LogP contribution in [0.15, 0.2) is 16.4 Å². The summed E-state index contributed by atoms with van der Waals surface area (Å²) in [5, 5.41) is 9.07. The summed E-state index contributed by atoms with van der Waals surface area (Å²) in [5.41, 5.74) is 1.52. The molecule has 27 heavy (non-hydrogen) atoms. The average Bonchev–Trinajstić information content (AvgIpc) is 3.14. The molecule has 6 nitrogen and oxygen atoms in total. The highest BCUT2D eigenvalue weighted by Crippen LogP contribution is 2.23. The highest BCUT2D eigenvalue weighted by atomic mass is 127. The molecular formula is C19H34IN5OS. The lowest BCUT2D eigenvalue weighted by atomic mass is 10.1. The van der Waals surface area contributed by atoms with Gasteiger partial charge in [0.2, 0.25) is 0 Å². The second-order valence-corrected chi connectivity index (χ2v) is 7.89. The normalized spacial score (nSPS) is 18.6. The second kappa shape index (κ2) is 12.9. The van der Waals surface area contributed by atoms with E-state index in [1.54, 1.807) is 4.88 Å². The Morgan fingerprint density at radius 2 is 2.04 bits per heavy atom. The number of hydrogen-bond acceptors (Lipinski definition) is 5. The third kappa shape index (κ3) is 7.84. The fraction of sp³-hybridized carbons (Fsp3) is 0.737. The monoisotopic (exact) mass is 507 g/mol. The summed E-state index contributed by atoms with van der Waals surface area (Å²) in [4.78, 5) is 11.3. The molecule has 3 rings (SSSR count). The molecule has 1 fully saturated rings. The van der Waals surface area contributed by atoms with Crippen molar-refractivity contribution in [3.05, 3.63) is 21.9 Å². The highest BCUT2D eigenvalue weighted by molar-refractivity contribution is 14.0. The zero-order valence-electron chi connectivity index (χ0n) is 16.4. The van der Waals surface area contributed by atoms with E-state index in [2.05, 4.69) is 38.8 Å². The van der Waals surface area contributed by atoms with E-state index in [-0.39, 0.29) is 24.0 Å². The first-order chi connectivity index (χ1) is 12.8. The van der Waals surface area contributed by atoms with Gasteiger partial charge in [-0.3, -0.25) is 14.8 Å². The average molecular weight is 507 g/mol. The van der Waals surface area contributed by atoms with Crippen LogP contribution in [0.25, 0.3) is 0 Å². The molecule has 154 valence electrons. The molecule has 2 aliphatic heterocycles. The number of hydrogen-bond donors (Lipinski definition) is 2. The largest absolute Gasteiger partial charge is 0.379 e. The molecule has 0 unspecified atom stereocenters. The van der Waals surface area contributed by atoms with Crippen molar-refractivity contribution in [3.8, 4) is 0 Å². The fourth-order valence-corrected chi connectivity index (χ4v) is 4.37. The molecule has 0 amide bonds. The van der Waals surface area contributed by atoms with E-state index in [9.17, 15) is 0 Å². The molecule has 1 saturated heterocycles. The van der Waals surface area contributed by atoms with E-state index in [4.69, 9.17) is 9.73 Å². The first-order valence-electron chi connectivity index (χ1n) is 9.95. The number of nitrogens with zero attached hydrogens (tertiary/aromatic N) is 3. The van der Waals surface area contributed by atoms with E-state index in [1.165, 1.54) is 18.5 Å². The lowest BCUT2D eigenvalue weighted by Crippen LogP contribution is -2.42. The Morgan fingerprint density at radius 1 is 1.19 bits per heavy atom. The summed E-state index contributed by atoms with van der Waals surface area (Å²) >= 11 is 1.90. The SMILES string of the molecule is CCNC(=NCCCN1CCOCC1)NCCN1CCc2sccc2C1.I. The van der Waals surface area contributed by atoms with Crippen LogP contribution >= 0.6 is 35.3 Å². The molecule has 0 atom stereocenters. The Labute approximate surface area is 184 Å². The van der Waals surface area contributed by atoms with E-state index in [1.807, 2.05) is 11.3 Å². The summed E-state index contributed by atoms with van der Waals surface area (Å²) in [6, 6.07) is 2.28. The van der Waals surface area contributed by atoms with Crippen LogP contribution in [-0.4, -0.2) is 81.3 Å². The van der Waals surface area contributed by atoms with Crippen LogP contribution in [0.2, 0.25) is 0 Å². The molecule has 0 bridgehead atoms. The van der Waals surface area contributed by atoms with Crippen LogP contribution < -0.4 is 10.6 Å². The molecule has 1 aromatic rings. The van der Waals surface area contributed by atoms with Gasteiger partial charge in [-0.05, 0) is 36.8 Å². The maximum atomic E-state index is 5.39. The van der Waals surface area contributed by atoms with Crippen molar-refractivity contribution in [2.45, 2.75) is 26.3 Å². The van der Waals surface area contributed by atoms with E-state index in [0.717, 1.165) is 78.0 Å². The first-order valence-corrected chi connectivity index (χ1v) is 10.8. The highest BCUT2D eigenvalue weighted by Gasteiger charge is 2.16. The molecule has 0 aromatic carbocycles. The van der Waals surface area contributed by atoms with Gasteiger partial charge in [-0.15, -0.1) is 35.3 Å². The third-order valence-electron chi connectivity index (χ3n) is 4.96. The fourth-order valence-electron chi connectivity index (χ4n) is 3.48. The van der Waals surface area contributed by atoms with Crippen molar-refractivity contribution < 1.29 is 4.74 Å². The number of fused-ring (bicyclic) bond motifs is 1. The van der Waals surface area contributed by atoms with Crippen LogP contribution in [0.4, 0.5) is 0 Å². The molecule has 0 saturated carbocycles. The van der Waals surface area contributed by atoms with Crippen LogP contribution in [0.3, 0.4) is 0 Å². The number of thiophene rings is 1. The summed E-state index contributed by atoms with van der Waals surface area (Å²) in [6.45, 7) is 13.1. The molecule has 2 N–H and O–H groups in total. The molecule has 3 heterocycles. The Kier molecular flexibility index (Phi) is 10.9. The van der Waals surface area contributed by atoms with Gasteiger partial charge in [-0.25, -0.2) is 0 Å². The molecule has 0 radical (unpaired) electrons. The molecule has 1 aromatic heterocycles. The van der Waals surface area contributed by atoms with Gasteiger partial charge in [0.15, 0.2) is 5.96 Å². The van der Waals surface area contributed by atoms with Gasteiger partial charge in [0, 0.05) is 63.8 Å². The van der Waals surface area contributed by atoms with Gasteiger partial charge in [-0.2, -0.15) is 0 Å². The topological polar surface area (TPSA) is 52.1 Å². The number of guanidine groups is 1. The lowest BCUT2D eigenvalue weighted by molar-refractivity contribution is 0.0377. The summed E-state index contributed by atoms with van der Waals surface area (Å²) in [6.07, 6.45) is 2.30. The first kappa shape index (κ1) is 22.9. The van der Waals surface area contributed by atoms with Crippen molar-refractivity contribution in [1.29, 1.82) is 0 Å². The number of nitrogens with one attached hydrogen (secondary N) is 2. The maximum Gasteiger partial charge on any atom is 0.191 e. The third-order valence-corrected chi connectivity index (χ3v) is 5.98. The minimum Gasteiger partial charge on any atom is -0.379 e. The Balaban J connectivity index is 0.00000261. The molecule has 8 heteroatoms. The number of halogens is 1. The second-order valence-electron chi connectivity index (χ2n) is 6.89. The van der Waals surface area contributed by atoms with Gasteiger partial charge < -0.3 is 15.4 Å². The van der Waals surface area contributed by atoms with Crippen LogP contribution in [0, 0.1) is 0 Å². The zero-order valence-corrected chi connectivity index (χ0v) is 19.6. The Bertz CT molecular complexity index is 562. The molecule has 0 aliphatic carbocycles. The van der Waals surface area contributed by atoms with E-state index < -0.39 is 0 Å². The van der Waals surface area contributed by atoms with Gasteiger partial charge in [0.05, 0.1) is 13.2 Å². The summed E-state index contributed by atoms with van der Waals surface area (Å²) in [5.74, 6) is 0.947. The number of rotatable bonds is 8. The number of ether oxygens (including phenoxy) is 1. The van der Waals surface area contributed by atoms with Crippen molar-refractivity contribution in [3.63, 3.8) is 0 Å². The predicted octanol–water partition coefficient (Wildman–Crippen LogP) is 2.00. The Hall–Kier alpha value is -0.420. The van der Waals surface area contributed by atoms with Crippen molar-refractivity contribution in [2.24, 2.45) is 4.99 Å². The van der Waals surface area contributed by atoms with E-state index in [0.29, 0.717) is 0 Å². The summed E-state index contributed by atoms with van der Waals surface area (Å²) < 4.78 is 5.39. The quantitative estimate of drug-likeness (QED) is 0.244. The number of morpholine rings is 1. The standard InChI is InChI=1S/C19H33N5OS.HI/c1-2-20-19(21-6-3-8-23-11-13-25-14-12-23)22-7-10-24-9-4-18-17(16-24)5-15-26-18;/h5,15H,2-4,6-14,16H2,1H3,(H2,20,21,22);1H. The van der Waals surface area contributed by atoms with Crippen molar-refractivity contribution in [2.75, 3.05) is 65.6 Å². The van der Waals surface area contributed by atoms with Gasteiger partial charge in [0.1, 0.15) is 0 Å². The van der Waals surface area contributed by atoms with Crippen molar-refractivity contribution >= 4 is 41.3 Å². The number of aliphatic imine (C=N–C) groups is 1. The minimum absolute atomic E-state index is 0. The van der Waals surface area contributed by atoms with Gasteiger partial charge in [0.25, 0.3) is 0 Å². The van der Waals surface area contributed by atoms with Crippen LogP contribution in [0.5, 0.6) is 0 Å². The zero-order chi connectivity index (χ0) is 18.0. The minimum atomic E-state index is 0. The Morgan fingerprint density at radius 3 is 2.85 bits per heavy atom. The van der Waals surface area contributed by atoms with Gasteiger partial charge in [-0.1, -0.05) is 0 Å².